The third kappa shape index (κ3) is 7.45. The zero-order chi connectivity index (χ0) is 27.5. The fourth-order valence-corrected chi connectivity index (χ4v) is 4.35. The van der Waals surface area contributed by atoms with E-state index in [1.54, 1.807) is 20.8 Å². The molecule has 0 saturated carbocycles. The number of carbonyl (C=O) groups is 2. The zero-order valence-corrected chi connectivity index (χ0v) is 21.9. The normalized spacial score (nSPS) is 37.4. The van der Waals surface area contributed by atoms with Crippen LogP contribution in [0.4, 0.5) is 0 Å². The Morgan fingerprint density at radius 3 is 2.17 bits per heavy atom. The van der Waals surface area contributed by atoms with Gasteiger partial charge in [-0.1, -0.05) is 13.5 Å². The number of aliphatic hydroxyl groups excluding tert-OH is 3. The maximum Gasteiger partial charge on any atom is 0.333 e. The maximum atomic E-state index is 12.0. The van der Waals surface area contributed by atoms with Crippen LogP contribution in [0.15, 0.2) is 12.2 Å². The summed E-state index contributed by atoms with van der Waals surface area (Å²) in [5.41, 5.74) is -1.24. The third-order valence-corrected chi connectivity index (χ3v) is 6.09. The minimum Gasteiger partial charge on any atom is -0.459 e. The Hall–Kier alpha value is -1.64. The van der Waals surface area contributed by atoms with Gasteiger partial charge in [0.25, 0.3) is 0 Å². The fraction of sp³-hybridized carbons (Fsp3) is 0.833. The summed E-state index contributed by atoms with van der Waals surface area (Å²) >= 11 is 0. The van der Waals surface area contributed by atoms with Crippen LogP contribution in [0.3, 0.4) is 0 Å². The van der Waals surface area contributed by atoms with Gasteiger partial charge in [0.15, 0.2) is 12.6 Å². The third-order valence-electron chi connectivity index (χ3n) is 6.09. The van der Waals surface area contributed by atoms with E-state index in [0.29, 0.717) is 0 Å². The Bertz CT molecular complexity index is 783. The van der Waals surface area contributed by atoms with Crippen LogP contribution in [-0.4, -0.2) is 106 Å². The SMILES string of the molecule is C=C(C)C(=O)OCC1OC(OC(C)C)C(NC(C)=O)C(OC2OC(C(C)(C)O)[C@@H](C)C(O)C2O)C1O. The lowest BCUT2D eigenvalue weighted by Gasteiger charge is -2.49. The molecule has 36 heavy (non-hydrogen) atoms. The van der Waals surface area contributed by atoms with Crippen LogP contribution in [0.2, 0.25) is 0 Å². The molecular weight excluding hydrogens is 478 g/mol. The van der Waals surface area contributed by atoms with Crippen molar-refractivity contribution in [3.05, 3.63) is 12.2 Å². The molecule has 0 aliphatic carbocycles. The monoisotopic (exact) mass is 519 g/mol. The van der Waals surface area contributed by atoms with Gasteiger partial charge < -0.3 is 49.4 Å². The molecule has 5 N–H and O–H groups in total. The molecule has 9 unspecified atom stereocenters. The fourth-order valence-electron chi connectivity index (χ4n) is 4.35. The summed E-state index contributed by atoms with van der Waals surface area (Å²) in [6.07, 6.45) is -10.7. The van der Waals surface area contributed by atoms with Crippen molar-refractivity contribution in [2.24, 2.45) is 5.92 Å². The Kier molecular flexibility index (Phi) is 10.4. The smallest absolute Gasteiger partial charge is 0.333 e. The van der Waals surface area contributed by atoms with Gasteiger partial charge in [-0.15, -0.1) is 0 Å². The summed E-state index contributed by atoms with van der Waals surface area (Å²) in [6.45, 7) is 14.0. The Morgan fingerprint density at radius 2 is 1.67 bits per heavy atom. The lowest BCUT2D eigenvalue weighted by molar-refractivity contribution is -0.350. The van der Waals surface area contributed by atoms with Crippen molar-refractivity contribution in [2.75, 3.05) is 6.61 Å². The molecule has 10 atom stereocenters. The summed E-state index contributed by atoms with van der Waals surface area (Å²) in [6, 6.07) is -1.07. The Balaban J connectivity index is 2.38. The summed E-state index contributed by atoms with van der Waals surface area (Å²) in [4.78, 5) is 23.9. The highest BCUT2D eigenvalue weighted by atomic mass is 16.7. The molecule has 2 saturated heterocycles. The number of nitrogens with one attached hydrogen (secondary N) is 1. The average Bonchev–Trinajstić information content (AvgIpc) is 2.75. The molecule has 1 amide bonds. The lowest BCUT2D eigenvalue weighted by atomic mass is 9.82. The van der Waals surface area contributed by atoms with Crippen molar-refractivity contribution in [3.63, 3.8) is 0 Å². The second kappa shape index (κ2) is 12.3. The first-order chi connectivity index (χ1) is 16.5. The number of hydrogen-bond donors (Lipinski definition) is 5. The van der Waals surface area contributed by atoms with Crippen molar-refractivity contribution >= 4 is 11.9 Å². The van der Waals surface area contributed by atoms with Crippen molar-refractivity contribution < 1.29 is 53.7 Å². The molecule has 0 radical (unpaired) electrons. The van der Waals surface area contributed by atoms with E-state index < -0.39 is 78.6 Å². The first-order valence-electron chi connectivity index (χ1n) is 12.0. The van der Waals surface area contributed by atoms with E-state index in [0.717, 1.165) is 0 Å². The minimum absolute atomic E-state index is 0.152. The van der Waals surface area contributed by atoms with Gasteiger partial charge in [-0.05, 0) is 34.6 Å². The number of esters is 1. The van der Waals surface area contributed by atoms with Crippen LogP contribution in [0.25, 0.3) is 0 Å². The van der Waals surface area contributed by atoms with E-state index in [4.69, 9.17) is 23.7 Å². The molecule has 12 nitrogen and oxygen atoms in total. The van der Waals surface area contributed by atoms with Crippen LogP contribution in [0, 0.1) is 5.92 Å². The molecular formula is C24H41NO11. The number of ether oxygens (including phenoxy) is 5. The van der Waals surface area contributed by atoms with Gasteiger partial charge in [0, 0.05) is 18.4 Å². The van der Waals surface area contributed by atoms with E-state index in [2.05, 4.69) is 11.9 Å². The number of carbonyl (C=O) groups excluding carboxylic acids is 2. The molecule has 2 heterocycles. The van der Waals surface area contributed by atoms with E-state index in [1.165, 1.54) is 27.7 Å². The van der Waals surface area contributed by atoms with Crippen molar-refractivity contribution in [1.82, 2.24) is 5.32 Å². The maximum absolute atomic E-state index is 12.0. The molecule has 12 heteroatoms. The van der Waals surface area contributed by atoms with Gasteiger partial charge in [0.2, 0.25) is 5.91 Å². The summed E-state index contributed by atoms with van der Waals surface area (Å²) in [5, 5.41) is 45.6. The van der Waals surface area contributed by atoms with Crippen molar-refractivity contribution in [3.8, 4) is 0 Å². The molecule has 0 aromatic carbocycles. The number of aliphatic hydroxyl groups is 4. The second-order valence-corrected chi connectivity index (χ2v) is 10.3. The Labute approximate surface area is 211 Å². The molecule has 208 valence electrons. The highest BCUT2D eigenvalue weighted by Crippen LogP contribution is 2.35. The molecule has 0 aromatic rings. The average molecular weight is 520 g/mol. The standard InChI is InChI=1S/C24H41NO11/c1-10(2)21(30)32-9-14-17(28)19(15(25-13(6)26)22(34-14)33-11(3)4)35-23-18(29)16(27)12(5)20(36-23)24(7,8)31/h11-12,14-20,22-23,27-29,31H,1,9H2,2-8H3,(H,25,26)/t12-,14?,15?,16?,17?,18?,19?,20?,22?,23?/m0/s1. The topological polar surface area (TPSA) is 173 Å². The van der Waals surface area contributed by atoms with Gasteiger partial charge in [-0.25, -0.2) is 4.79 Å². The highest BCUT2D eigenvalue weighted by molar-refractivity contribution is 5.86. The van der Waals surface area contributed by atoms with Crippen LogP contribution in [0.5, 0.6) is 0 Å². The molecule has 2 aliphatic rings. The Morgan fingerprint density at radius 1 is 1.06 bits per heavy atom. The predicted octanol–water partition coefficient (Wildman–Crippen LogP) is -0.640. The molecule has 0 aromatic heterocycles. The van der Waals surface area contributed by atoms with Gasteiger partial charge in [-0.2, -0.15) is 0 Å². The molecule has 2 rings (SSSR count). The van der Waals surface area contributed by atoms with E-state index in [9.17, 15) is 30.0 Å². The van der Waals surface area contributed by atoms with Gasteiger partial charge in [0.05, 0.1) is 23.9 Å². The molecule has 0 bridgehead atoms. The first kappa shape index (κ1) is 30.6. The van der Waals surface area contributed by atoms with Gasteiger partial charge >= 0.3 is 5.97 Å². The quantitative estimate of drug-likeness (QED) is 0.194. The molecule has 2 aliphatic heterocycles. The summed E-state index contributed by atoms with van der Waals surface area (Å²) in [7, 11) is 0. The van der Waals surface area contributed by atoms with Crippen molar-refractivity contribution in [2.45, 2.75) is 115 Å². The number of rotatable bonds is 9. The van der Waals surface area contributed by atoms with E-state index >= 15 is 0 Å². The van der Waals surface area contributed by atoms with Crippen molar-refractivity contribution in [1.29, 1.82) is 0 Å². The van der Waals surface area contributed by atoms with Crippen LogP contribution in [0.1, 0.15) is 48.5 Å². The number of amides is 1. The first-order valence-corrected chi connectivity index (χ1v) is 12.0. The number of hydrogen-bond acceptors (Lipinski definition) is 11. The highest BCUT2D eigenvalue weighted by Gasteiger charge is 2.53. The minimum atomic E-state index is -1.53. The van der Waals surface area contributed by atoms with E-state index in [1.807, 2.05) is 0 Å². The predicted molar refractivity (Wildman–Crippen MR) is 125 cm³/mol. The van der Waals surface area contributed by atoms with Crippen LogP contribution >= 0.6 is 0 Å². The summed E-state index contributed by atoms with van der Waals surface area (Å²) < 4.78 is 28.7. The van der Waals surface area contributed by atoms with Crippen LogP contribution < -0.4 is 5.32 Å². The van der Waals surface area contributed by atoms with Gasteiger partial charge in [0.1, 0.15) is 37.1 Å². The summed E-state index contributed by atoms with van der Waals surface area (Å²) in [5.74, 6) is -1.80. The van der Waals surface area contributed by atoms with Gasteiger partial charge in [-0.3, -0.25) is 4.79 Å². The molecule has 0 spiro atoms. The van der Waals surface area contributed by atoms with E-state index in [-0.39, 0.29) is 18.3 Å². The molecule has 2 fully saturated rings. The largest absolute Gasteiger partial charge is 0.459 e. The van der Waals surface area contributed by atoms with Crippen LogP contribution in [-0.2, 0) is 33.3 Å². The second-order valence-electron chi connectivity index (χ2n) is 10.3. The lowest BCUT2D eigenvalue weighted by Crippen LogP contribution is -2.68. The zero-order valence-electron chi connectivity index (χ0n) is 21.9.